The summed E-state index contributed by atoms with van der Waals surface area (Å²) >= 11 is 0. The van der Waals surface area contributed by atoms with Crippen LogP contribution in [0.5, 0.6) is 11.5 Å². The van der Waals surface area contributed by atoms with E-state index in [-0.39, 0.29) is 37.6 Å². The number of aromatic nitrogens is 3. The highest BCUT2D eigenvalue weighted by atomic mass is 32.2. The van der Waals surface area contributed by atoms with Gasteiger partial charge in [-0.2, -0.15) is 18.3 Å². The quantitative estimate of drug-likeness (QED) is 0.137. The molecule has 3 aromatic rings. The molecule has 0 radical (unpaired) electrons. The minimum Gasteiger partial charge on any atom is -0.497 e. The molecule has 2 aromatic heterocycles. The number of hydrogen-bond acceptors (Lipinski definition) is 11. The highest BCUT2D eigenvalue weighted by Gasteiger charge is 2.63. The molecule has 0 spiro atoms. The molecule has 18 heteroatoms. The van der Waals surface area contributed by atoms with Gasteiger partial charge >= 0.3 is 12.1 Å². The van der Waals surface area contributed by atoms with E-state index < -0.39 is 91.8 Å². The number of halogens is 3. The molecule has 1 N–H and O–H groups in total. The van der Waals surface area contributed by atoms with E-state index in [0.29, 0.717) is 66.7 Å². The second kappa shape index (κ2) is 18.2. The van der Waals surface area contributed by atoms with Crippen molar-refractivity contribution in [2.24, 2.45) is 29.1 Å². The Balaban J connectivity index is 1.28. The summed E-state index contributed by atoms with van der Waals surface area (Å²) in [5.74, 6) is -3.73. The lowest BCUT2D eigenvalue weighted by molar-refractivity contribution is -0.257. The summed E-state index contributed by atoms with van der Waals surface area (Å²) in [5, 5.41) is 5.30. The summed E-state index contributed by atoms with van der Waals surface area (Å²) in [6, 6.07) is 7.67. The summed E-state index contributed by atoms with van der Waals surface area (Å²) in [5.41, 5.74) is -2.89. The molecule has 66 heavy (non-hydrogen) atoms. The van der Waals surface area contributed by atoms with E-state index >= 15 is 4.79 Å². The van der Waals surface area contributed by atoms with Crippen LogP contribution in [0.2, 0.25) is 0 Å². The number of Topliss-reactive ketones (excluding diaryl/α,β-unsaturated/α-hetero) is 1. The highest BCUT2D eigenvalue weighted by molar-refractivity contribution is 7.91. The Morgan fingerprint density at radius 1 is 1.08 bits per heavy atom. The number of carbonyl (C=O) groups is 4. The maximum atomic E-state index is 15.3. The number of ketones is 1. The van der Waals surface area contributed by atoms with E-state index in [2.05, 4.69) is 4.72 Å². The topological polar surface area (TPSA) is 176 Å². The zero-order valence-electron chi connectivity index (χ0n) is 38.9. The highest BCUT2D eigenvalue weighted by Crippen LogP contribution is 2.58. The van der Waals surface area contributed by atoms with Crippen molar-refractivity contribution in [2.45, 2.75) is 147 Å². The SMILES string of the molecule is CC[C@@H]1C[C@H](C)CC/C=C\[C@@H]2C[C@@]2(C(=O)NS(=O)(=O)C2(C)CC2)CC(=O)[C@@H]2C[C@@H](Oc3cc(-n4ccc(C(C)C)n4)nc4cc(OC)ccc34)CN2C(=O)[C@H]1CC(=O)OC(C)(C)C(F)(F)F. The van der Waals surface area contributed by atoms with E-state index in [9.17, 15) is 36.0 Å². The van der Waals surface area contributed by atoms with Crippen LogP contribution in [-0.4, -0.2) is 94.0 Å². The average Bonchev–Trinajstić information content (AvgIpc) is 4.02. The number of nitrogens with one attached hydrogen (secondary N) is 1. The van der Waals surface area contributed by atoms with Gasteiger partial charge in [0.2, 0.25) is 27.4 Å². The maximum absolute atomic E-state index is 15.3. The zero-order valence-corrected chi connectivity index (χ0v) is 39.8. The fourth-order valence-corrected chi connectivity index (χ4v) is 10.7. The van der Waals surface area contributed by atoms with Crippen molar-refractivity contribution < 1.29 is 55.0 Å². The second-order valence-electron chi connectivity index (χ2n) is 20.0. The summed E-state index contributed by atoms with van der Waals surface area (Å²) in [7, 11) is -2.53. The molecule has 7 atom stereocenters. The lowest BCUT2D eigenvalue weighted by Crippen LogP contribution is -2.49. The normalized spacial score (nSPS) is 27.6. The van der Waals surface area contributed by atoms with Gasteiger partial charge in [0, 0.05) is 36.6 Å². The molecule has 360 valence electrons. The molecule has 2 aliphatic carbocycles. The predicted octanol–water partition coefficient (Wildman–Crippen LogP) is 8.16. The Morgan fingerprint density at radius 2 is 1.80 bits per heavy atom. The molecule has 3 fully saturated rings. The van der Waals surface area contributed by atoms with Crippen LogP contribution in [0, 0.1) is 29.1 Å². The first kappa shape index (κ1) is 48.9. The monoisotopic (exact) mass is 941 g/mol. The second-order valence-corrected chi connectivity index (χ2v) is 22.2. The number of ether oxygens (including phenoxy) is 3. The number of amides is 2. The number of allylic oxidation sites excluding steroid dienone is 2. The van der Waals surface area contributed by atoms with Crippen molar-refractivity contribution >= 4 is 44.5 Å². The first-order valence-electron chi connectivity index (χ1n) is 23.0. The molecule has 2 amide bonds. The first-order valence-corrected chi connectivity index (χ1v) is 24.5. The van der Waals surface area contributed by atoms with Gasteiger partial charge in [0.05, 0.1) is 53.4 Å². The molecule has 1 saturated heterocycles. The molecule has 0 bridgehead atoms. The molecule has 14 nitrogen and oxygen atoms in total. The number of carbonyl (C=O) groups excluding carboxylic acids is 4. The van der Waals surface area contributed by atoms with Crippen LogP contribution in [0.4, 0.5) is 13.2 Å². The van der Waals surface area contributed by atoms with E-state index in [4.69, 9.17) is 24.3 Å². The molecule has 4 heterocycles. The summed E-state index contributed by atoms with van der Waals surface area (Å²) < 4.78 is 88.8. The van der Waals surface area contributed by atoms with Gasteiger partial charge in [-0.15, -0.1) is 0 Å². The van der Waals surface area contributed by atoms with Gasteiger partial charge in [0.15, 0.2) is 11.6 Å². The number of hydrogen-bond donors (Lipinski definition) is 1. The van der Waals surface area contributed by atoms with Gasteiger partial charge in [-0.1, -0.05) is 46.3 Å². The molecule has 0 unspecified atom stereocenters. The van der Waals surface area contributed by atoms with Gasteiger partial charge in [-0.3, -0.25) is 23.9 Å². The van der Waals surface area contributed by atoms with Gasteiger partial charge in [0.25, 0.3) is 0 Å². The third-order valence-electron chi connectivity index (χ3n) is 14.3. The van der Waals surface area contributed by atoms with Crippen molar-refractivity contribution in [3.63, 3.8) is 0 Å². The number of nitrogens with zero attached hydrogens (tertiary/aromatic N) is 4. The lowest BCUT2D eigenvalue weighted by atomic mass is 9.79. The van der Waals surface area contributed by atoms with Crippen LogP contribution in [0.25, 0.3) is 16.7 Å². The summed E-state index contributed by atoms with van der Waals surface area (Å²) in [4.78, 5) is 64.1. The number of methoxy groups -OCH3 is 1. The van der Waals surface area contributed by atoms with E-state index in [1.54, 1.807) is 42.1 Å². The predicted molar refractivity (Wildman–Crippen MR) is 239 cm³/mol. The molecule has 2 aliphatic heterocycles. The molecular formula is C48H62F3N5O9S. The van der Waals surface area contributed by atoms with Crippen LogP contribution in [-0.2, 0) is 33.9 Å². The van der Waals surface area contributed by atoms with Crippen molar-refractivity contribution in [1.29, 1.82) is 0 Å². The van der Waals surface area contributed by atoms with Crippen LogP contribution in [0.1, 0.15) is 124 Å². The van der Waals surface area contributed by atoms with Crippen LogP contribution in [0.15, 0.2) is 48.7 Å². The van der Waals surface area contributed by atoms with Gasteiger partial charge in [-0.25, -0.2) is 18.1 Å². The van der Waals surface area contributed by atoms with Crippen LogP contribution >= 0.6 is 0 Å². The van der Waals surface area contributed by atoms with Gasteiger partial charge in [-0.05, 0) is 101 Å². The smallest absolute Gasteiger partial charge is 0.427 e. The average molecular weight is 942 g/mol. The third kappa shape index (κ3) is 9.98. The first-order chi connectivity index (χ1) is 30.9. The molecule has 4 aliphatic rings. The maximum Gasteiger partial charge on any atom is 0.427 e. The van der Waals surface area contributed by atoms with Crippen molar-refractivity contribution in [3.05, 3.63) is 54.4 Å². The van der Waals surface area contributed by atoms with Crippen LogP contribution in [0.3, 0.4) is 0 Å². The molecular weight excluding hydrogens is 880 g/mol. The van der Waals surface area contributed by atoms with E-state index in [0.717, 1.165) is 19.5 Å². The third-order valence-corrected chi connectivity index (χ3v) is 16.4. The fraction of sp³-hybridized carbons (Fsp3) is 0.625. The minimum absolute atomic E-state index is 0.00522. The minimum atomic E-state index is -4.88. The van der Waals surface area contributed by atoms with Crippen molar-refractivity contribution in [2.75, 3.05) is 13.7 Å². The number of sulfonamides is 1. The Kier molecular flexibility index (Phi) is 13.5. The number of rotatable bonds is 12. The molecule has 1 aromatic carbocycles. The number of alkyl halides is 3. The van der Waals surface area contributed by atoms with Gasteiger partial charge in [0.1, 0.15) is 17.6 Å². The Morgan fingerprint density at radius 3 is 2.44 bits per heavy atom. The van der Waals surface area contributed by atoms with Crippen molar-refractivity contribution in [3.8, 4) is 17.3 Å². The standard InChI is InChI=1S/C48H62F3N5O9S/c1-9-30-20-29(4)12-10-11-13-31-25-47(31,44(60)54-66(61,62)46(7)17-18-46)26-39(57)38-22-33(27-55(38)43(59)35(30)23-42(58)65-45(5,6)48(49,50)51)64-40-24-41(56-19-16-36(53-56)28(2)3)52-37-21-32(63-8)14-15-34(37)40/h11,13-16,19,21,24,28-31,33,35,38H,9-10,12,17-18,20,22-23,25-27H2,1-8H3,(H,54,60)/b13-11-/t29-,30-,31-,33-,35+,38+,47-/m1/s1. The number of pyridine rings is 1. The lowest BCUT2D eigenvalue weighted by Gasteiger charge is -2.34. The van der Waals surface area contributed by atoms with Crippen LogP contribution < -0.4 is 14.2 Å². The Bertz CT molecular complexity index is 2500. The van der Waals surface area contributed by atoms with Gasteiger partial charge < -0.3 is 19.1 Å². The molecule has 7 rings (SSSR count). The number of fused-ring (bicyclic) bond motifs is 3. The largest absolute Gasteiger partial charge is 0.497 e. The molecule has 2 saturated carbocycles. The Labute approximate surface area is 384 Å². The summed E-state index contributed by atoms with van der Waals surface area (Å²) in [6.07, 6.45) is 1.88. The van der Waals surface area contributed by atoms with E-state index in [1.165, 1.54) is 12.0 Å². The number of benzene rings is 1. The Hall–Kier alpha value is -5.00. The summed E-state index contributed by atoms with van der Waals surface area (Å²) in [6.45, 7) is 10.8. The van der Waals surface area contributed by atoms with Crippen molar-refractivity contribution in [1.82, 2.24) is 24.4 Å². The zero-order chi connectivity index (χ0) is 48.1. The fourth-order valence-electron chi connectivity index (χ4n) is 9.36. The number of esters is 1. The van der Waals surface area contributed by atoms with E-state index in [1.807, 2.05) is 45.9 Å².